The maximum absolute atomic E-state index is 13.6. The summed E-state index contributed by atoms with van der Waals surface area (Å²) in [6.45, 7) is 7.34. The van der Waals surface area contributed by atoms with E-state index < -0.39 is 17.8 Å². The smallest absolute Gasteiger partial charge is 0.340 e. The minimum absolute atomic E-state index is 0.0624. The van der Waals surface area contributed by atoms with Crippen LogP contribution in [0.1, 0.15) is 129 Å². The van der Waals surface area contributed by atoms with Crippen LogP contribution in [0.3, 0.4) is 0 Å². The highest BCUT2D eigenvalue weighted by Crippen LogP contribution is 2.31. The number of esters is 1. The summed E-state index contributed by atoms with van der Waals surface area (Å²) in [4.78, 5) is 38.4. The number of para-hydroxylation sites is 1. The molecule has 0 saturated carbocycles. The highest BCUT2D eigenvalue weighted by molar-refractivity contribution is 6.10. The molecule has 0 bridgehead atoms. The fourth-order valence-corrected chi connectivity index (χ4v) is 4.30. The molecule has 0 aliphatic rings. The van der Waals surface area contributed by atoms with E-state index in [0.717, 1.165) is 77.0 Å². The number of anilines is 1. The molecule has 226 valence electrons. The Hall–Kier alpha value is -3.55. The molecule has 2 rings (SSSR count). The van der Waals surface area contributed by atoms with E-state index in [2.05, 4.69) is 26.1 Å². The molecule has 0 aliphatic heterocycles. The van der Waals surface area contributed by atoms with Crippen molar-refractivity contribution in [3.63, 3.8) is 0 Å². The molecule has 0 fully saturated rings. The van der Waals surface area contributed by atoms with Gasteiger partial charge in [0.05, 0.1) is 36.6 Å². The van der Waals surface area contributed by atoms with Gasteiger partial charge in [-0.1, -0.05) is 90.7 Å². The number of unbranched alkanes of at least 4 members (excludes halogenated alkanes) is 9. The molecular formula is C33H47NO7. The number of carboxylic acids is 1. The van der Waals surface area contributed by atoms with Crippen molar-refractivity contribution in [2.45, 2.75) is 97.8 Å². The van der Waals surface area contributed by atoms with Crippen molar-refractivity contribution < 1.29 is 33.7 Å². The average Bonchev–Trinajstić information content (AvgIpc) is 2.97. The Kier molecular flexibility index (Phi) is 16.0. The summed E-state index contributed by atoms with van der Waals surface area (Å²) in [6, 6.07) is 9.45. The first-order valence-corrected chi connectivity index (χ1v) is 15.2. The molecule has 0 atom stereocenters. The van der Waals surface area contributed by atoms with Crippen molar-refractivity contribution in [2.75, 3.05) is 25.1 Å². The van der Waals surface area contributed by atoms with E-state index >= 15 is 0 Å². The summed E-state index contributed by atoms with van der Waals surface area (Å²) in [5.41, 5.74) is 0.617. The Morgan fingerprint density at radius 2 is 1.17 bits per heavy atom. The Balaban J connectivity index is 2.30. The third-order valence-electron chi connectivity index (χ3n) is 6.69. The van der Waals surface area contributed by atoms with Crippen LogP contribution in [0.25, 0.3) is 0 Å². The molecule has 0 spiro atoms. The first-order valence-electron chi connectivity index (χ1n) is 15.2. The number of rotatable bonds is 21. The fraction of sp³-hybridized carbons (Fsp3) is 0.545. The molecule has 8 heteroatoms. The Morgan fingerprint density at radius 3 is 1.73 bits per heavy atom. The summed E-state index contributed by atoms with van der Waals surface area (Å²) in [7, 11) is 0. The number of carbonyl (C=O) groups excluding carboxylic acids is 2. The van der Waals surface area contributed by atoms with Crippen LogP contribution in [0.2, 0.25) is 0 Å². The molecule has 8 nitrogen and oxygen atoms in total. The SMILES string of the molecule is CCCCCCOC(=O)c1ccccc1NC(=O)c1cc(OCCCCCC)c(C(=O)O)cc1OCCCCCC. The maximum Gasteiger partial charge on any atom is 0.340 e. The van der Waals surface area contributed by atoms with Gasteiger partial charge >= 0.3 is 11.9 Å². The molecular weight excluding hydrogens is 522 g/mol. The summed E-state index contributed by atoms with van der Waals surface area (Å²) in [5.74, 6) is -1.95. The van der Waals surface area contributed by atoms with Crippen LogP contribution < -0.4 is 14.8 Å². The van der Waals surface area contributed by atoms with Gasteiger partial charge in [0.25, 0.3) is 5.91 Å². The van der Waals surface area contributed by atoms with E-state index in [-0.39, 0.29) is 28.2 Å². The first-order chi connectivity index (χ1) is 19.9. The van der Waals surface area contributed by atoms with Gasteiger partial charge in [-0.3, -0.25) is 4.79 Å². The number of hydrogen-bond acceptors (Lipinski definition) is 6. The zero-order valence-corrected chi connectivity index (χ0v) is 25.0. The fourth-order valence-electron chi connectivity index (χ4n) is 4.30. The lowest BCUT2D eigenvalue weighted by Crippen LogP contribution is -2.18. The minimum Gasteiger partial charge on any atom is -0.493 e. The van der Waals surface area contributed by atoms with Crippen LogP contribution in [0.5, 0.6) is 11.5 Å². The molecule has 2 N–H and O–H groups in total. The van der Waals surface area contributed by atoms with Gasteiger partial charge in [0, 0.05) is 0 Å². The number of hydrogen-bond donors (Lipinski definition) is 2. The van der Waals surface area contributed by atoms with Crippen LogP contribution in [0.4, 0.5) is 5.69 Å². The second-order valence-electron chi connectivity index (χ2n) is 10.2. The van der Waals surface area contributed by atoms with E-state index in [1.54, 1.807) is 24.3 Å². The largest absolute Gasteiger partial charge is 0.493 e. The van der Waals surface area contributed by atoms with Crippen molar-refractivity contribution in [2.24, 2.45) is 0 Å². The monoisotopic (exact) mass is 569 g/mol. The minimum atomic E-state index is -1.16. The third kappa shape index (κ3) is 11.8. The molecule has 0 aromatic heterocycles. The second-order valence-corrected chi connectivity index (χ2v) is 10.2. The lowest BCUT2D eigenvalue weighted by Gasteiger charge is -2.17. The lowest BCUT2D eigenvalue weighted by molar-refractivity contribution is 0.0498. The van der Waals surface area contributed by atoms with Crippen LogP contribution >= 0.6 is 0 Å². The molecule has 0 unspecified atom stereocenters. The first kappa shape index (κ1) is 33.7. The molecule has 2 aromatic rings. The molecule has 1 amide bonds. The van der Waals surface area contributed by atoms with E-state index in [9.17, 15) is 19.5 Å². The summed E-state index contributed by atoms with van der Waals surface area (Å²) in [5, 5.41) is 12.7. The van der Waals surface area contributed by atoms with E-state index in [0.29, 0.717) is 25.5 Å². The zero-order valence-electron chi connectivity index (χ0n) is 25.0. The van der Waals surface area contributed by atoms with Crippen molar-refractivity contribution in [3.8, 4) is 11.5 Å². The van der Waals surface area contributed by atoms with E-state index in [4.69, 9.17) is 14.2 Å². The Bertz CT molecular complexity index is 1100. The standard InChI is InChI=1S/C33H47NO7/c1-4-7-10-15-20-39-29-24-27(32(36)37)30(40-21-16-11-8-5-2)23-26(29)31(35)34-28-19-14-13-18-25(28)33(38)41-22-17-12-9-6-3/h13-14,18-19,23-24H,4-12,15-17,20-22H2,1-3H3,(H,34,35)(H,36,37). The quantitative estimate of drug-likeness (QED) is 0.115. The lowest BCUT2D eigenvalue weighted by atomic mass is 10.1. The van der Waals surface area contributed by atoms with Crippen molar-refractivity contribution in [3.05, 3.63) is 53.1 Å². The predicted molar refractivity (Wildman–Crippen MR) is 161 cm³/mol. The van der Waals surface area contributed by atoms with Crippen LogP contribution in [0, 0.1) is 0 Å². The van der Waals surface area contributed by atoms with Gasteiger partial charge in [-0.15, -0.1) is 0 Å². The molecule has 41 heavy (non-hydrogen) atoms. The topological polar surface area (TPSA) is 111 Å². The molecule has 0 aliphatic carbocycles. The number of benzene rings is 2. The molecule has 2 aromatic carbocycles. The molecule has 0 saturated heterocycles. The van der Waals surface area contributed by atoms with Crippen molar-refractivity contribution in [1.82, 2.24) is 0 Å². The summed E-state index contributed by atoms with van der Waals surface area (Å²) >= 11 is 0. The van der Waals surface area contributed by atoms with Gasteiger partial charge in [0.1, 0.15) is 17.1 Å². The third-order valence-corrected chi connectivity index (χ3v) is 6.69. The number of amides is 1. The Morgan fingerprint density at radius 1 is 0.659 bits per heavy atom. The predicted octanol–water partition coefficient (Wildman–Crippen LogP) is 8.29. The second kappa shape index (κ2) is 19.5. The average molecular weight is 570 g/mol. The summed E-state index contributed by atoms with van der Waals surface area (Å²) < 4.78 is 17.2. The van der Waals surface area contributed by atoms with Gasteiger partial charge in [0.2, 0.25) is 0 Å². The molecule has 0 radical (unpaired) electrons. The van der Waals surface area contributed by atoms with E-state index in [1.165, 1.54) is 12.1 Å². The van der Waals surface area contributed by atoms with Gasteiger partial charge in [0.15, 0.2) is 0 Å². The van der Waals surface area contributed by atoms with Gasteiger partial charge in [-0.05, 0) is 43.5 Å². The number of carboxylic acid groups (broad SMARTS) is 1. The molecule has 0 heterocycles. The van der Waals surface area contributed by atoms with Crippen molar-refractivity contribution >= 4 is 23.5 Å². The van der Waals surface area contributed by atoms with Gasteiger partial charge in [-0.2, -0.15) is 0 Å². The summed E-state index contributed by atoms with van der Waals surface area (Å²) in [6.07, 6.45) is 11.7. The highest BCUT2D eigenvalue weighted by Gasteiger charge is 2.23. The van der Waals surface area contributed by atoms with Crippen LogP contribution in [0.15, 0.2) is 36.4 Å². The normalized spacial score (nSPS) is 10.7. The van der Waals surface area contributed by atoms with Crippen molar-refractivity contribution in [1.29, 1.82) is 0 Å². The van der Waals surface area contributed by atoms with Gasteiger partial charge in [-0.25, -0.2) is 9.59 Å². The maximum atomic E-state index is 13.6. The number of aromatic carboxylic acids is 1. The number of nitrogens with one attached hydrogen (secondary N) is 1. The zero-order chi connectivity index (χ0) is 29.9. The van der Waals surface area contributed by atoms with Gasteiger partial charge < -0.3 is 24.6 Å². The number of ether oxygens (including phenoxy) is 3. The highest BCUT2D eigenvalue weighted by atomic mass is 16.5. The van der Waals surface area contributed by atoms with Crippen LogP contribution in [-0.4, -0.2) is 42.8 Å². The Labute approximate surface area is 244 Å². The number of carbonyl (C=O) groups is 3. The van der Waals surface area contributed by atoms with Crippen LogP contribution in [-0.2, 0) is 4.74 Å². The van der Waals surface area contributed by atoms with E-state index in [1.807, 2.05) is 0 Å².